The molecule has 224 valence electrons. The van der Waals surface area contributed by atoms with Crippen LogP contribution in [0.25, 0.3) is 16.8 Å². The molecule has 2 fully saturated rings. The molecule has 43 heavy (non-hydrogen) atoms. The van der Waals surface area contributed by atoms with Crippen LogP contribution >= 0.6 is 11.3 Å². The average Bonchev–Trinajstić information content (AvgIpc) is 3.74. The molecule has 0 aliphatic carbocycles. The fourth-order valence-corrected chi connectivity index (χ4v) is 6.82. The number of likely N-dealkylation sites (tertiary alicyclic amines) is 1. The van der Waals surface area contributed by atoms with E-state index in [4.69, 9.17) is 10.1 Å². The van der Waals surface area contributed by atoms with Crippen molar-refractivity contribution in [2.45, 2.75) is 32.8 Å². The number of aryl methyl sites for hydroxylation is 2. The summed E-state index contributed by atoms with van der Waals surface area (Å²) in [6.07, 6.45) is 0.975. The molecule has 6 rings (SSSR count). The van der Waals surface area contributed by atoms with Crippen LogP contribution in [0.4, 0.5) is 20.9 Å². The van der Waals surface area contributed by atoms with E-state index in [1.54, 1.807) is 17.0 Å². The second kappa shape index (κ2) is 11.9. The molecule has 10 nitrogen and oxygen atoms in total. The topological polar surface area (TPSA) is 104 Å². The van der Waals surface area contributed by atoms with Crippen molar-refractivity contribution in [2.75, 3.05) is 62.7 Å². The number of aliphatic hydroxyl groups is 1. The highest BCUT2D eigenvalue weighted by Crippen LogP contribution is 2.39. The quantitative estimate of drug-likeness (QED) is 0.341. The van der Waals surface area contributed by atoms with Gasteiger partial charge in [0.25, 0.3) is 0 Å². The van der Waals surface area contributed by atoms with Crippen LogP contribution in [0.1, 0.15) is 29.6 Å². The van der Waals surface area contributed by atoms with Gasteiger partial charge in [0.15, 0.2) is 5.13 Å². The van der Waals surface area contributed by atoms with Crippen LogP contribution in [-0.4, -0.2) is 94.4 Å². The van der Waals surface area contributed by atoms with Gasteiger partial charge < -0.3 is 19.8 Å². The molecule has 2 aliphatic rings. The van der Waals surface area contributed by atoms with Crippen molar-refractivity contribution in [3.63, 3.8) is 0 Å². The molecule has 3 aromatic heterocycles. The molecular formula is C31H35FN8O2S. The number of hydrogen-bond acceptors (Lipinski definition) is 9. The first-order valence-electron chi connectivity index (χ1n) is 14.6. The predicted molar refractivity (Wildman–Crippen MR) is 165 cm³/mol. The minimum Gasteiger partial charge on any atom is -0.391 e. The predicted octanol–water partition coefficient (Wildman–Crippen LogP) is 3.82. The van der Waals surface area contributed by atoms with Crippen molar-refractivity contribution in [1.82, 2.24) is 24.4 Å². The van der Waals surface area contributed by atoms with Gasteiger partial charge >= 0.3 is 0 Å². The lowest BCUT2D eigenvalue weighted by Gasteiger charge is -2.36. The Hall–Kier alpha value is -4.05. The highest BCUT2D eigenvalue weighted by molar-refractivity contribution is 7.16. The van der Waals surface area contributed by atoms with E-state index in [0.29, 0.717) is 47.3 Å². The van der Waals surface area contributed by atoms with E-state index in [1.807, 2.05) is 16.5 Å². The number of fused-ring (bicyclic) bond motifs is 1. The van der Waals surface area contributed by atoms with E-state index in [2.05, 4.69) is 41.8 Å². The first-order chi connectivity index (χ1) is 20.7. The van der Waals surface area contributed by atoms with Gasteiger partial charge in [-0.25, -0.2) is 13.9 Å². The van der Waals surface area contributed by atoms with Crippen molar-refractivity contribution in [3.05, 3.63) is 58.5 Å². The Labute approximate surface area is 254 Å². The Kier molecular flexibility index (Phi) is 8.05. The SMILES string of the molecule is CCc1nn2c(C)cc(N3CCN(CC(=O)N4CC[C@@H](O)C4)CC3)cc2c1N(C)c1nc(-c2ccc(F)cc2)c(C#N)s1. The summed E-state index contributed by atoms with van der Waals surface area (Å²) in [6, 6.07) is 12.6. The van der Waals surface area contributed by atoms with Gasteiger partial charge in [0.05, 0.1) is 29.5 Å². The van der Waals surface area contributed by atoms with Crippen LogP contribution < -0.4 is 9.80 Å². The molecule has 0 bridgehead atoms. The second-order valence-electron chi connectivity index (χ2n) is 11.2. The largest absolute Gasteiger partial charge is 0.391 e. The van der Waals surface area contributed by atoms with E-state index in [9.17, 15) is 19.6 Å². The van der Waals surface area contributed by atoms with Crippen LogP contribution in [0.2, 0.25) is 0 Å². The lowest BCUT2D eigenvalue weighted by atomic mass is 10.1. The molecule has 2 saturated heterocycles. The van der Waals surface area contributed by atoms with E-state index in [-0.39, 0.29) is 11.7 Å². The summed E-state index contributed by atoms with van der Waals surface area (Å²) in [5, 5.41) is 25.2. The van der Waals surface area contributed by atoms with Crippen LogP contribution in [0.15, 0.2) is 36.4 Å². The van der Waals surface area contributed by atoms with Gasteiger partial charge in [0, 0.05) is 63.3 Å². The number of nitrogens with zero attached hydrogens (tertiary/aromatic N) is 8. The number of rotatable bonds is 7. The normalized spacial score (nSPS) is 17.5. The van der Waals surface area contributed by atoms with E-state index in [0.717, 1.165) is 60.9 Å². The van der Waals surface area contributed by atoms with Crippen LogP contribution in [0.3, 0.4) is 0 Å². The van der Waals surface area contributed by atoms with Crippen LogP contribution in [0, 0.1) is 24.1 Å². The number of nitriles is 1. The molecule has 1 aromatic carbocycles. The fraction of sp³-hybridized carbons (Fsp3) is 0.419. The number of β-amino-alcohol motifs (C(OH)–C–C–N with tert-alkyl or cyclic N) is 1. The third-order valence-corrected chi connectivity index (χ3v) is 9.38. The number of aliphatic hydroxyl groups excluding tert-OH is 1. The molecule has 0 saturated carbocycles. The molecule has 4 aromatic rings. The van der Waals surface area contributed by atoms with Gasteiger partial charge in [0.2, 0.25) is 5.91 Å². The fourth-order valence-electron chi connectivity index (χ4n) is 5.96. The first kappa shape index (κ1) is 29.0. The lowest BCUT2D eigenvalue weighted by molar-refractivity contribution is -0.131. The Balaban J connectivity index is 1.25. The maximum atomic E-state index is 13.5. The van der Waals surface area contributed by atoms with Gasteiger partial charge in [-0.05, 0) is 56.2 Å². The lowest BCUT2D eigenvalue weighted by Crippen LogP contribution is -2.50. The number of pyridine rings is 1. The van der Waals surface area contributed by atoms with Crippen LogP contribution in [0.5, 0.6) is 0 Å². The number of piperazine rings is 1. The Morgan fingerprint density at radius 2 is 1.93 bits per heavy atom. The van der Waals surface area contributed by atoms with Gasteiger partial charge in [-0.2, -0.15) is 10.4 Å². The van der Waals surface area contributed by atoms with Crippen molar-refractivity contribution in [3.8, 4) is 17.3 Å². The average molecular weight is 603 g/mol. The Bertz CT molecular complexity index is 1690. The minimum absolute atomic E-state index is 0.0885. The molecule has 1 atom stereocenters. The van der Waals surface area contributed by atoms with Gasteiger partial charge in [0.1, 0.15) is 22.5 Å². The summed E-state index contributed by atoms with van der Waals surface area (Å²) >= 11 is 1.31. The molecule has 12 heteroatoms. The standard InChI is InChI=1S/C31H35FN8O2S/c1-4-25-30(36(3)31-34-29(27(17-33)43-31)21-5-7-22(32)8-6-21)26-16-23(15-20(2)40(26)35-25)38-13-11-37(12-14-38)19-28(42)39-10-9-24(41)18-39/h5-8,15-16,24,41H,4,9-14,18-19H2,1-3H3/t24-/m1/s1. The van der Waals surface area contributed by atoms with Crippen molar-refractivity contribution in [2.24, 2.45) is 0 Å². The summed E-state index contributed by atoms with van der Waals surface area (Å²) in [6.45, 7) is 8.73. The maximum Gasteiger partial charge on any atom is 0.236 e. The molecule has 1 N–H and O–H groups in total. The molecule has 2 aliphatic heterocycles. The van der Waals surface area contributed by atoms with Crippen molar-refractivity contribution >= 4 is 39.3 Å². The number of carbonyl (C=O) groups is 1. The third-order valence-electron chi connectivity index (χ3n) is 8.35. The highest BCUT2D eigenvalue weighted by atomic mass is 32.1. The number of amides is 1. The third kappa shape index (κ3) is 5.68. The zero-order chi connectivity index (χ0) is 30.2. The number of aromatic nitrogens is 3. The monoisotopic (exact) mass is 602 g/mol. The van der Waals surface area contributed by atoms with Gasteiger partial charge in [-0.1, -0.05) is 18.3 Å². The summed E-state index contributed by atoms with van der Waals surface area (Å²) < 4.78 is 15.5. The van der Waals surface area contributed by atoms with E-state index < -0.39 is 6.10 Å². The number of hydrogen-bond donors (Lipinski definition) is 1. The zero-order valence-corrected chi connectivity index (χ0v) is 25.4. The van der Waals surface area contributed by atoms with E-state index in [1.165, 1.54) is 23.5 Å². The maximum absolute atomic E-state index is 13.5. The summed E-state index contributed by atoms with van der Waals surface area (Å²) in [4.78, 5) is 26.3. The zero-order valence-electron chi connectivity index (χ0n) is 24.6. The van der Waals surface area contributed by atoms with Gasteiger partial charge in [-0.15, -0.1) is 0 Å². The summed E-state index contributed by atoms with van der Waals surface area (Å²) in [7, 11) is 1.95. The Morgan fingerprint density at radius 3 is 2.58 bits per heavy atom. The highest BCUT2D eigenvalue weighted by Gasteiger charge is 2.28. The van der Waals surface area contributed by atoms with E-state index >= 15 is 0 Å². The molecule has 1 amide bonds. The minimum atomic E-state index is -0.402. The number of benzene rings is 1. The molecular weight excluding hydrogens is 567 g/mol. The number of thiazole rings is 1. The Morgan fingerprint density at radius 1 is 1.19 bits per heavy atom. The van der Waals surface area contributed by atoms with Gasteiger partial charge in [-0.3, -0.25) is 9.69 Å². The molecule has 0 unspecified atom stereocenters. The number of anilines is 3. The number of carbonyl (C=O) groups excluding carboxylic acids is 1. The summed E-state index contributed by atoms with van der Waals surface area (Å²) in [5.41, 5.74) is 6.16. The molecule has 5 heterocycles. The second-order valence-corrected chi connectivity index (χ2v) is 12.2. The molecule has 0 radical (unpaired) electrons. The first-order valence-corrected chi connectivity index (χ1v) is 15.4. The number of halogens is 1. The van der Waals surface area contributed by atoms with Crippen LogP contribution in [-0.2, 0) is 11.2 Å². The molecule has 0 spiro atoms. The summed E-state index contributed by atoms with van der Waals surface area (Å²) in [5.74, 6) is -0.247. The van der Waals surface area contributed by atoms with Crippen molar-refractivity contribution in [1.29, 1.82) is 5.26 Å². The van der Waals surface area contributed by atoms with Crippen molar-refractivity contribution < 1.29 is 14.3 Å². The smallest absolute Gasteiger partial charge is 0.236 e.